The van der Waals surface area contributed by atoms with Crippen LogP contribution in [0.25, 0.3) is 0 Å². The Labute approximate surface area is 146 Å². The fourth-order valence-electron chi connectivity index (χ4n) is 2.89. The summed E-state index contributed by atoms with van der Waals surface area (Å²) in [5.41, 5.74) is -0.502. The van der Waals surface area contributed by atoms with Crippen molar-refractivity contribution in [2.45, 2.75) is 85.0 Å². The van der Waals surface area contributed by atoms with Crippen LogP contribution in [0, 0.1) is 5.92 Å². The molecule has 1 rings (SSSR count). The Morgan fingerprint density at radius 3 is 2.25 bits per heavy atom. The third-order valence-corrected chi connectivity index (χ3v) is 4.10. The van der Waals surface area contributed by atoms with Crippen LogP contribution in [0.15, 0.2) is 0 Å². The largest absolute Gasteiger partial charge is 0.466 e. The van der Waals surface area contributed by atoms with Gasteiger partial charge in [0.25, 0.3) is 0 Å². The molecule has 6 heteroatoms. The Bertz CT molecular complexity index is 425. The average Bonchev–Trinajstić information content (AvgIpc) is 2.34. The molecule has 0 spiro atoms. The number of hydrogen-bond donors (Lipinski definition) is 1. The Morgan fingerprint density at radius 1 is 1.21 bits per heavy atom. The highest BCUT2D eigenvalue weighted by Crippen LogP contribution is 2.28. The van der Waals surface area contributed by atoms with Crippen molar-refractivity contribution >= 4 is 12.1 Å². The van der Waals surface area contributed by atoms with Crippen LogP contribution in [0.4, 0.5) is 4.79 Å². The summed E-state index contributed by atoms with van der Waals surface area (Å²) in [5, 5.41) is 3.44. The maximum Gasteiger partial charge on any atom is 0.410 e. The fourth-order valence-corrected chi connectivity index (χ4v) is 2.89. The lowest BCUT2D eigenvalue weighted by Gasteiger charge is -2.38. The molecule has 1 fully saturated rings. The molecule has 0 radical (unpaired) electrons. The molecule has 0 heterocycles. The molecule has 0 bridgehead atoms. The smallest absolute Gasteiger partial charge is 0.410 e. The van der Waals surface area contributed by atoms with Crippen LogP contribution in [0.3, 0.4) is 0 Å². The Hall–Kier alpha value is -1.30. The summed E-state index contributed by atoms with van der Waals surface area (Å²) in [6.07, 6.45) is 1.32. The number of carbonyl (C=O) groups is 2. The van der Waals surface area contributed by atoms with E-state index in [2.05, 4.69) is 5.32 Å². The van der Waals surface area contributed by atoms with E-state index in [4.69, 9.17) is 9.47 Å². The number of esters is 1. The summed E-state index contributed by atoms with van der Waals surface area (Å²) in [6, 6.07) is 0.390. The van der Waals surface area contributed by atoms with E-state index in [1.807, 2.05) is 48.5 Å². The predicted octanol–water partition coefficient (Wildman–Crippen LogP) is 2.95. The van der Waals surface area contributed by atoms with Gasteiger partial charge in [-0.25, -0.2) is 4.79 Å². The molecule has 1 saturated carbocycles. The molecule has 0 aromatic rings. The Balaban J connectivity index is 2.43. The van der Waals surface area contributed by atoms with Gasteiger partial charge in [0, 0.05) is 24.7 Å². The number of amides is 1. The van der Waals surface area contributed by atoms with Crippen molar-refractivity contribution in [2.75, 3.05) is 13.2 Å². The zero-order valence-electron chi connectivity index (χ0n) is 16.2. The Morgan fingerprint density at radius 2 is 1.79 bits per heavy atom. The molecular formula is C18H34N2O4. The number of nitrogens with zero attached hydrogens (tertiary/aromatic N) is 1. The molecule has 0 aromatic carbocycles. The van der Waals surface area contributed by atoms with Crippen molar-refractivity contribution in [3.8, 4) is 0 Å². The minimum atomic E-state index is -0.502. The molecule has 1 N–H and O–H groups in total. The van der Waals surface area contributed by atoms with Gasteiger partial charge in [0.15, 0.2) is 0 Å². The van der Waals surface area contributed by atoms with Gasteiger partial charge in [-0.15, -0.1) is 0 Å². The summed E-state index contributed by atoms with van der Waals surface area (Å²) in [5.74, 6) is -0.0778. The van der Waals surface area contributed by atoms with Crippen molar-refractivity contribution < 1.29 is 19.1 Å². The lowest BCUT2D eigenvalue weighted by Crippen LogP contribution is -2.53. The highest BCUT2D eigenvalue weighted by molar-refractivity contribution is 5.73. The van der Waals surface area contributed by atoms with Crippen LogP contribution >= 0.6 is 0 Å². The molecule has 24 heavy (non-hydrogen) atoms. The monoisotopic (exact) mass is 342 g/mol. The highest BCUT2D eigenvalue weighted by Gasteiger charge is 2.36. The Kier molecular flexibility index (Phi) is 7.52. The van der Waals surface area contributed by atoms with E-state index in [0.717, 1.165) is 12.8 Å². The second kappa shape index (κ2) is 8.70. The molecule has 1 aliphatic carbocycles. The molecule has 140 valence electrons. The van der Waals surface area contributed by atoms with Crippen LogP contribution in [0.5, 0.6) is 0 Å². The van der Waals surface area contributed by atoms with E-state index in [1.54, 1.807) is 4.90 Å². The third-order valence-electron chi connectivity index (χ3n) is 4.10. The minimum Gasteiger partial charge on any atom is -0.466 e. The first-order chi connectivity index (χ1) is 11.0. The number of nitrogens with one attached hydrogen (secondary N) is 1. The molecule has 0 unspecified atom stereocenters. The zero-order chi connectivity index (χ0) is 18.5. The second-order valence-electron chi connectivity index (χ2n) is 7.86. The van der Waals surface area contributed by atoms with Crippen molar-refractivity contribution in [2.24, 2.45) is 5.92 Å². The maximum atomic E-state index is 12.4. The van der Waals surface area contributed by atoms with Crippen LogP contribution in [0.1, 0.15) is 61.3 Å². The van der Waals surface area contributed by atoms with Crippen molar-refractivity contribution in [3.05, 3.63) is 0 Å². The van der Waals surface area contributed by atoms with Crippen molar-refractivity contribution in [1.82, 2.24) is 10.2 Å². The second-order valence-corrected chi connectivity index (χ2v) is 7.86. The van der Waals surface area contributed by atoms with Crippen LogP contribution < -0.4 is 5.32 Å². The molecule has 6 nitrogen and oxygen atoms in total. The molecule has 0 aromatic heterocycles. The summed E-state index contributed by atoms with van der Waals surface area (Å²) >= 11 is 0. The molecule has 0 aliphatic heterocycles. The maximum absolute atomic E-state index is 12.4. The van der Waals surface area contributed by atoms with Gasteiger partial charge in [-0.05, 0) is 61.3 Å². The van der Waals surface area contributed by atoms with Crippen LogP contribution in [0.2, 0.25) is 0 Å². The van der Waals surface area contributed by atoms with E-state index < -0.39 is 5.60 Å². The topological polar surface area (TPSA) is 67.9 Å². The van der Waals surface area contributed by atoms with Gasteiger partial charge >= 0.3 is 12.1 Å². The van der Waals surface area contributed by atoms with Gasteiger partial charge in [0.05, 0.1) is 12.5 Å². The lowest BCUT2D eigenvalue weighted by molar-refractivity contribution is -0.151. The summed E-state index contributed by atoms with van der Waals surface area (Å²) in [6.45, 7) is 14.5. The van der Waals surface area contributed by atoms with Gasteiger partial charge < -0.3 is 19.7 Å². The molecule has 1 amide bonds. The van der Waals surface area contributed by atoms with Crippen LogP contribution in [-0.2, 0) is 14.3 Å². The zero-order valence-corrected chi connectivity index (χ0v) is 16.2. The number of rotatable bonds is 7. The first kappa shape index (κ1) is 20.7. The third kappa shape index (κ3) is 6.30. The molecule has 1 atom stereocenters. The first-order valence-corrected chi connectivity index (χ1v) is 8.96. The number of ether oxygens (including phenoxy) is 2. The predicted molar refractivity (Wildman–Crippen MR) is 93.8 cm³/mol. The van der Waals surface area contributed by atoms with Crippen molar-refractivity contribution in [3.63, 3.8) is 0 Å². The van der Waals surface area contributed by atoms with Gasteiger partial charge in [-0.2, -0.15) is 0 Å². The lowest BCUT2D eigenvalue weighted by atomic mass is 9.80. The normalized spacial score (nSPS) is 21.8. The minimum absolute atomic E-state index is 0.0153. The first-order valence-electron chi connectivity index (χ1n) is 8.96. The SMILES string of the molecule is CCOC(=O)C1CC(NC[C@H](C)N(C(=O)OC(C)(C)C)C(C)C)C1. The fraction of sp³-hybridized carbons (Fsp3) is 0.889. The molecule has 1 aliphatic rings. The highest BCUT2D eigenvalue weighted by atomic mass is 16.6. The summed E-state index contributed by atoms with van der Waals surface area (Å²) in [7, 11) is 0. The van der Waals surface area contributed by atoms with Gasteiger partial charge in [-0.3, -0.25) is 4.79 Å². The summed E-state index contributed by atoms with van der Waals surface area (Å²) < 4.78 is 10.5. The summed E-state index contributed by atoms with van der Waals surface area (Å²) in [4.78, 5) is 25.8. The average molecular weight is 342 g/mol. The van der Waals surface area contributed by atoms with Crippen LogP contribution in [-0.4, -0.2) is 53.8 Å². The number of carbonyl (C=O) groups excluding carboxylic acids is 2. The number of hydrogen-bond acceptors (Lipinski definition) is 5. The quantitative estimate of drug-likeness (QED) is 0.721. The van der Waals surface area contributed by atoms with E-state index in [0.29, 0.717) is 19.2 Å². The van der Waals surface area contributed by atoms with E-state index in [9.17, 15) is 9.59 Å². The van der Waals surface area contributed by atoms with E-state index in [-0.39, 0.29) is 30.1 Å². The molecular weight excluding hydrogens is 308 g/mol. The molecule has 0 saturated heterocycles. The van der Waals surface area contributed by atoms with E-state index >= 15 is 0 Å². The van der Waals surface area contributed by atoms with E-state index in [1.165, 1.54) is 0 Å². The van der Waals surface area contributed by atoms with Gasteiger partial charge in [0.1, 0.15) is 5.60 Å². The van der Waals surface area contributed by atoms with Gasteiger partial charge in [0.2, 0.25) is 0 Å². The van der Waals surface area contributed by atoms with Crippen molar-refractivity contribution in [1.29, 1.82) is 0 Å². The van der Waals surface area contributed by atoms with Gasteiger partial charge in [-0.1, -0.05) is 0 Å². The standard InChI is InChI=1S/C18H34N2O4/c1-8-23-16(21)14-9-15(10-14)19-11-13(4)20(12(2)3)17(22)24-18(5,6)7/h12-15,19H,8-11H2,1-7H3/t13-,14?,15?/m0/s1.